The molecular weight excluding hydrogens is 400 g/mol. The highest BCUT2D eigenvalue weighted by Crippen LogP contribution is 2.20. The smallest absolute Gasteiger partial charge is 0.239 e. The molecule has 0 aliphatic carbocycles. The molecule has 2 amide bonds. The molecule has 170 valence electrons. The zero-order valence-electron chi connectivity index (χ0n) is 19.4. The van der Waals surface area contributed by atoms with Crippen molar-refractivity contribution in [2.75, 3.05) is 13.6 Å². The fourth-order valence-electron chi connectivity index (χ4n) is 4.02. The standard InChI is InChI=1S/C26H34N4O2/c1-4-22(13-12-21-17-28-24-10-6-5-9-23(21)24)29-25(31)18-30(3)26(32)11-7-8-20-14-15-27-19(2)16-20/h5-6,9-10,14-17,22,28H,4,7-8,11-13,18H2,1-3H3,(H,29,31)/t22-/m0/s1. The Kier molecular flexibility index (Phi) is 8.42. The molecule has 6 nitrogen and oxygen atoms in total. The number of aromatic nitrogens is 2. The SMILES string of the molecule is CC[C@@H](CCc1c[nH]c2ccccc12)NC(=O)CN(C)C(=O)CCCc1ccnc(C)c1. The summed E-state index contributed by atoms with van der Waals surface area (Å²) in [6, 6.07) is 12.4. The first kappa shape index (κ1) is 23.5. The highest BCUT2D eigenvalue weighted by molar-refractivity contribution is 5.85. The summed E-state index contributed by atoms with van der Waals surface area (Å²) in [6.45, 7) is 4.14. The lowest BCUT2D eigenvalue weighted by molar-refractivity contribution is -0.135. The van der Waals surface area contributed by atoms with E-state index in [0.717, 1.165) is 43.3 Å². The maximum atomic E-state index is 12.5. The average Bonchev–Trinajstić information content (AvgIpc) is 3.19. The van der Waals surface area contributed by atoms with Crippen molar-refractivity contribution in [2.45, 2.75) is 58.4 Å². The highest BCUT2D eigenvalue weighted by Gasteiger charge is 2.16. The van der Waals surface area contributed by atoms with Crippen molar-refractivity contribution in [3.63, 3.8) is 0 Å². The molecule has 3 aromatic rings. The molecule has 2 aromatic heterocycles. The van der Waals surface area contributed by atoms with E-state index in [1.165, 1.54) is 21.4 Å². The number of benzene rings is 1. The van der Waals surface area contributed by atoms with Crippen LogP contribution in [0.15, 0.2) is 48.8 Å². The van der Waals surface area contributed by atoms with E-state index < -0.39 is 0 Å². The molecule has 0 unspecified atom stereocenters. The summed E-state index contributed by atoms with van der Waals surface area (Å²) in [4.78, 5) is 34.0. The molecule has 0 saturated carbocycles. The number of pyridine rings is 1. The van der Waals surface area contributed by atoms with Gasteiger partial charge in [-0.25, -0.2) is 0 Å². The molecule has 0 saturated heterocycles. The van der Waals surface area contributed by atoms with Gasteiger partial charge in [-0.3, -0.25) is 14.6 Å². The number of aryl methyl sites for hydroxylation is 3. The van der Waals surface area contributed by atoms with Gasteiger partial charge in [0.15, 0.2) is 0 Å². The second kappa shape index (κ2) is 11.5. The summed E-state index contributed by atoms with van der Waals surface area (Å²) in [5.74, 6) is -0.103. The number of fused-ring (bicyclic) bond motifs is 1. The maximum Gasteiger partial charge on any atom is 0.239 e. The van der Waals surface area contributed by atoms with Crippen molar-refractivity contribution in [1.29, 1.82) is 0 Å². The van der Waals surface area contributed by atoms with Gasteiger partial charge < -0.3 is 15.2 Å². The normalized spacial score (nSPS) is 12.0. The van der Waals surface area contributed by atoms with Crippen LogP contribution in [0.4, 0.5) is 0 Å². The summed E-state index contributed by atoms with van der Waals surface area (Å²) in [6.07, 6.45) is 8.50. The van der Waals surface area contributed by atoms with Crippen LogP contribution in [0.2, 0.25) is 0 Å². The molecule has 1 aromatic carbocycles. The number of hydrogen-bond donors (Lipinski definition) is 2. The molecule has 2 heterocycles. The minimum atomic E-state index is -0.101. The lowest BCUT2D eigenvalue weighted by Crippen LogP contribution is -2.42. The van der Waals surface area contributed by atoms with E-state index in [4.69, 9.17) is 0 Å². The maximum absolute atomic E-state index is 12.5. The molecular formula is C26H34N4O2. The third-order valence-corrected chi connectivity index (χ3v) is 5.92. The number of carbonyl (C=O) groups is 2. The summed E-state index contributed by atoms with van der Waals surface area (Å²) in [5, 5.41) is 4.34. The third kappa shape index (κ3) is 6.67. The van der Waals surface area contributed by atoms with Crippen LogP contribution in [0.1, 0.15) is 49.4 Å². The minimum Gasteiger partial charge on any atom is -0.361 e. The van der Waals surface area contributed by atoms with Crippen molar-refractivity contribution < 1.29 is 9.59 Å². The first-order valence-electron chi connectivity index (χ1n) is 11.5. The fraction of sp³-hybridized carbons (Fsp3) is 0.423. The van der Waals surface area contributed by atoms with Crippen LogP contribution >= 0.6 is 0 Å². The van der Waals surface area contributed by atoms with Gasteiger partial charge in [-0.05, 0) is 68.4 Å². The van der Waals surface area contributed by atoms with E-state index in [1.807, 2.05) is 31.2 Å². The average molecular weight is 435 g/mol. The minimum absolute atomic E-state index is 0.00207. The van der Waals surface area contributed by atoms with Gasteiger partial charge in [0, 0.05) is 48.5 Å². The summed E-state index contributed by atoms with van der Waals surface area (Å²) >= 11 is 0. The van der Waals surface area contributed by atoms with Gasteiger partial charge in [0.2, 0.25) is 11.8 Å². The van der Waals surface area contributed by atoms with Gasteiger partial charge in [-0.15, -0.1) is 0 Å². The van der Waals surface area contributed by atoms with Gasteiger partial charge in [0.1, 0.15) is 0 Å². The Labute approximate surface area is 190 Å². The molecule has 0 spiro atoms. The van der Waals surface area contributed by atoms with E-state index in [2.05, 4.69) is 40.5 Å². The first-order chi connectivity index (χ1) is 15.5. The summed E-state index contributed by atoms with van der Waals surface area (Å²) < 4.78 is 0. The van der Waals surface area contributed by atoms with E-state index in [0.29, 0.717) is 6.42 Å². The Morgan fingerprint density at radius 1 is 1.19 bits per heavy atom. The van der Waals surface area contributed by atoms with Crippen molar-refractivity contribution in [3.8, 4) is 0 Å². The molecule has 2 N–H and O–H groups in total. The number of para-hydroxylation sites is 1. The molecule has 0 fully saturated rings. The van der Waals surface area contributed by atoms with Crippen molar-refractivity contribution in [1.82, 2.24) is 20.2 Å². The van der Waals surface area contributed by atoms with Gasteiger partial charge in [-0.1, -0.05) is 25.1 Å². The lowest BCUT2D eigenvalue weighted by Gasteiger charge is -2.21. The topological polar surface area (TPSA) is 78.1 Å². The van der Waals surface area contributed by atoms with E-state index in [-0.39, 0.29) is 24.4 Å². The van der Waals surface area contributed by atoms with Gasteiger partial charge in [0.05, 0.1) is 6.54 Å². The van der Waals surface area contributed by atoms with E-state index in [1.54, 1.807) is 13.2 Å². The monoisotopic (exact) mass is 434 g/mol. The van der Waals surface area contributed by atoms with Gasteiger partial charge >= 0.3 is 0 Å². The fourth-order valence-corrected chi connectivity index (χ4v) is 4.02. The number of amides is 2. The van der Waals surface area contributed by atoms with Crippen LogP contribution in [-0.2, 0) is 22.4 Å². The van der Waals surface area contributed by atoms with Gasteiger partial charge in [0.25, 0.3) is 0 Å². The number of likely N-dealkylation sites (N-methyl/N-ethyl adjacent to an activating group) is 1. The Balaban J connectivity index is 1.40. The molecule has 32 heavy (non-hydrogen) atoms. The number of H-pyrrole nitrogens is 1. The Hall–Kier alpha value is -3.15. The predicted octanol–water partition coefficient (Wildman–Crippen LogP) is 4.18. The number of nitrogens with one attached hydrogen (secondary N) is 2. The largest absolute Gasteiger partial charge is 0.361 e. The lowest BCUT2D eigenvalue weighted by atomic mass is 10.0. The van der Waals surface area contributed by atoms with Crippen LogP contribution < -0.4 is 5.32 Å². The van der Waals surface area contributed by atoms with Gasteiger partial charge in [-0.2, -0.15) is 0 Å². The van der Waals surface area contributed by atoms with Crippen LogP contribution in [-0.4, -0.2) is 46.3 Å². The third-order valence-electron chi connectivity index (χ3n) is 5.92. The molecule has 6 heteroatoms. The van der Waals surface area contributed by atoms with Crippen LogP contribution in [0.25, 0.3) is 10.9 Å². The Morgan fingerprint density at radius 3 is 2.78 bits per heavy atom. The van der Waals surface area contributed by atoms with Crippen LogP contribution in [0.3, 0.4) is 0 Å². The molecule has 0 bridgehead atoms. The molecule has 0 aliphatic heterocycles. The molecule has 0 aliphatic rings. The highest BCUT2D eigenvalue weighted by atomic mass is 16.2. The summed E-state index contributed by atoms with van der Waals surface area (Å²) in [7, 11) is 1.70. The molecule has 3 rings (SSSR count). The van der Waals surface area contributed by atoms with Crippen molar-refractivity contribution in [3.05, 3.63) is 65.6 Å². The van der Waals surface area contributed by atoms with Crippen LogP contribution in [0, 0.1) is 6.92 Å². The van der Waals surface area contributed by atoms with Crippen LogP contribution in [0.5, 0.6) is 0 Å². The number of hydrogen-bond acceptors (Lipinski definition) is 3. The zero-order chi connectivity index (χ0) is 22.9. The second-order valence-corrected chi connectivity index (χ2v) is 8.48. The Morgan fingerprint density at radius 2 is 2.00 bits per heavy atom. The van der Waals surface area contributed by atoms with Crippen molar-refractivity contribution in [2.24, 2.45) is 0 Å². The quantitative estimate of drug-likeness (QED) is 0.475. The number of carbonyl (C=O) groups excluding carboxylic acids is 2. The number of aromatic amines is 1. The van der Waals surface area contributed by atoms with Crippen molar-refractivity contribution >= 4 is 22.7 Å². The number of rotatable bonds is 11. The summed E-state index contributed by atoms with van der Waals surface area (Å²) in [5.41, 5.74) is 4.58. The van der Waals surface area contributed by atoms with E-state index in [9.17, 15) is 9.59 Å². The first-order valence-corrected chi connectivity index (χ1v) is 11.5. The number of nitrogens with zero attached hydrogens (tertiary/aromatic N) is 2. The predicted molar refractivity (Wildman–Crippen MR) is 128 cm³/mol. The molecule has 1 atom stereocenters. The second-order valence-electron chi connectivity index (χ2n) is 8.48. The Bertz CT molecular complexity index is 1040. The molecule has 0 radical (unpaired) electrons. The zero-order valence-corrected chi connectivity index (χ0v) is 19.4. The van der Waals surface area contributed by atoms with E-state index >= 15 is 0 Å².